The molecule has 0 radical (unpaired) electrons. The van der Waals surface area contributed by atoms with Gasteiger partial charge in [-0.2, -0.15) is 0 Å². The minimum Gasteiger partial charge on any atom is -0.344 e. The molecule has 0 spiro atoms. The van der Waals surface area contributed by atoms with Gasteiger partial charge in [0.05, 0.1) is 0 Å². The van der Waals surface area contributed by atoms with E-state index in [4.69, 9.17) is 0 Å². The van der Waals surface area contributed by atoms with Crippen molar-refractivity contribution in [2.45, 2.75) is 52.6 Å². The van der Waals surface area contributed by atoms with Gasteiger partial charge < -0.3 is 4.57 Å². The predicted molar refractivity (Wildman–Crippen MR) is 111 cm³/mol. The minimum absolute atomic E-state index is 0.494. The molecular formula is C24H30N2. The van der Waals surface area contributed by atoms with Crippen LogP contribution in [0.3, 0.4) is 0 Å². The predicted octanol–water partition coefficient (Wildman–Crippen LogP) is 5.30. The number of likely N-dealkylation sites (N-methyl/N-ethyl adjacent to an activating group) is 1. The Hall–Kier alpha value is -2.06. The summed E-state index contributed by atoms with van der Waals surface area (Å²) in [6.07, 6.45) is 3.35. The lowest BCUT2D eigenvalue weighted by Crippen LogP contribution is -2.31. The van der Waals surface area contributed by atoms with E-state index in [0.717, 1.165) is 32.4 Å². The molecule has 1 unspecified atom stereocenters. The van der Waals surface area contributed by atoms with Gasteiger partial charge in [-0.3, -0.25) is 4.90 Å². The molecule has 1 atom stereocenters. The van der Waals surface area contributed by atoms with Gasteiger partial charge in [0.2, 0.25) is 0 Å². The fraction of sp³-hybridized carbons (Fsp3) is 0.417. The molecule has 0 amide bonds. The van der Waals surface area contributed by atoms with E-state index in [2.05, 4.69) is 79.8 Å². The van der Waals surface area contributed by atoms with Crippen LogP contribution in [0, 0.1) is 6.92 Å². The highest BCUT2D eigenvalue weighted by molar-refractivity contribution is 5.87. The molecule has 2 heterocycles. The summed E-state index contributed by atoms with van der Waals surface area (Å²) < 4.78 is 2.61. The second-order valence-corrected chi connectivity index (χ2v) is 7.80. The molecule has 0 saturated carbocycles. The molecule has 3 aromatic rings. The van der Waals surface area contributed by atoms with Crippen molar-refractivity contribution in [3.63, 3.8) is 0 Å². The van der Waals surface area contributed by atoms with Crippen LogP contribution >= 0.6 is 0 Å². The topological polar surface area (TPSA) is 8.17 Å². The summed E-state index contributed by atoms with van der Waals surface area (Å²) in [5.74, 6) is 0. The molecule has 26 heavy (non-hydrogen) atoms. The number of rotatable bonds is 4. The number of hydrogen-bond donors (Lipinski definition) is 0. The molecule has 1 aromatic heterocycles. The van der Waals surface area contributed by atoms with Crippen molar-refractivity contribution in [3.8, 4) is 0 Å². The van der Waals surface area contributed by atoms with E-state index < -0.39 is 0 Å². The van der Waals surface area contributed by atoms with E-state index in [-0.39, 0.29) is 0 Å². The lowest BCUT2D eigenvalue weighted by Gasteiger charge is -2.31. The highest BCUT2D eigenvalue weighted by atomic mass is 15.1. The number of fused-ring (bicyclic) bond motifs is 3. The van der Waals surface area contributed by atoms with Gasteiger partial charge in [0.1, 0.15) is 0 Å². The summed E-state index contributed by atoms with van der Waals surface area (Å²) in [5.41, 5.74) is 8.86. The number of hydrogen-bond acceptors (Lipinski definition) is 1. The molecule has 0 aliphatic carbocycles. The summed E-state index contributed by atoms with van der Waals surface area (Å²) in [6, 6.07) is 16.4. The van der Waals surface area contributed by atoms with E-state index in [1.165, 1.54) is 27.6 Å². The van der Waals surface area contributed by atoms with E-state index in [0.29, 0.717) is 6.04 Å². The summed E-state index contributed by atoms with van der Waals surface area (Å²) in [6.45, 7) is 9.05. The van der Waals surface area contributed by atoms with Crippen molar-refractivity contribution in [2.75, 3.05) is 13.6 Å². The Morgan fingerprint density at radius 3 is 2.69 bits per heavy atom. The average Bonchev–Trinajstić information content (AvgIpc) is 2.97. The SMILES string of the molecule is CCc1ccc2c(c1)c1c(n2CCc2ccccc2C)CCN(C)C1C. The Labute approximate surface area is 157 Å². The Morgan fingerprint density at radius 2 is 1.92 bits per heavy atom. The van der Waals surface area contributed by atoms with Crippen LogP contribution in [-0.2, 0) is 25.8 Å². The van der Waals surface area contributed by atoms with Crippen LogP contribution in [-0.4, -0.2) is 23.1 Å². The molecule has 4 rings (SSSR count). The Morgan fingerprint density at radius 1 is 1.12 bits per heavy atom. The third kappa shape index (κ3) is 2.87. The van der Waals surface area contributed by atoms with Gasteiger partial charge in [-0.05, 0) is 68.1 Å². The zero-order valence-corrected chi connectivity index (χ0v) is 16.5. The number of nitrogens with zero attached hydrogens (tertiary/aromatic N) is 2. The van der Waals surface area contributed by atoms with Gasteiger partial charge in [-0.1, -0.05) is 37.3 Å². The molecule has 0 fully saturated rings. The Balaban J connectivity index is 1.80. The zero-order chi connectivity index (χ0) is 18.3. The van der Waals surface area contributed by atoms with Crippen LogP contribution in [0.25, 0.3) is 10.9 Å². The maximum absolute atomic E-state index is 2.61. The molecule has 136 valence electrons. The molecule has 0 saturated heterocycles. The summed E-state index contributed by atoms with van der Waals surface area (Å²) in [5, 5.41) is 1.48. The fourth-order valence-electron chi connectivity index (χ4n) is 4.51. The fourth-order valence-corrected chi connectivity index (χ4v) is 4.51. The summed E-state index contributed by atoms with van der Waals surface area (Å²) >= 11 is 0. The van der Waals surface area contributed by atoms with Gasteiger partial charge >= 0.3 is 0 Å². The van der Waals surface area contributed by atoms with Crippen molar-refractivity contribution < 1.29 is 0 Å². The monoisotopic (exact) mass is 346 g/mol. The second kappa shape index (κ2) is 6.92. The molecule has 1 aliphatic heterocycles. The first kappa shape index (κ1) is 17.4. The van der Waals surface area contributed by atoms with Gasteiger partial charge in [-0.25, -0.2) is 0 Å². The lowest BCUT2D eigenvalue weighted by molar-refractivity contribution is 0.245. The third-order valence-corrected chi connectivity index (χ3v) is 6.33. The maximum Gasteiger partial charge on any atom is 0.0486 e. The second-order valence-electron chi connectivity index (χ2n) is 7.80. The van der Waals surface area contributed by atoms with Crippen molar-refractivity contribution in [3.05, 3.63) is 70.4 Å². The van der Waals surface area contributed by atoms with Crippen molar-refractivity contribution in [1.82, 2.24) is 9.47 Å². The first-order chi connectivity index (χ1) is 12.6. The number of benzene rings is 2. The molecular weight excluding hydrogens is 316 g/mol. The largest absolute Gasteiger partial charge is 0.344 e. The van der Waals surface area contributed by atoms with Crippen LogP contribution in [0.1, 0.15) is 47.8 Å². The maximum atomic E-state index is 2.61. The highest BCUT2D eigenvalue weighted by Gasteiger charge is 2.27. The van der Waals surface area contributed by atoms with Crippen molar-refractivity contribution in [1.29, 1.82) is 0 Å². The Kier molecular flexibility index (Phi) is 4.62. The molecule has 2 aromatic carbocycles. The van der Waals surface area contributed by atoms with Gasteiger partial charge in [0.25, 0.3) is 0 Å². The number of aryl methyl sites for hydroxylation is 4. The van der Waals surface area contributed by atoms with E-state index in [1.807, 2.05) is 0 Å². The van der Waals surface area contributed by atoms with Crippen LogP contribution in [0.2, 0.25) is 0 Å². The normalized spacial score (nSPS) is 17.6. The molecule has 2 heteroatoms. The van der Waals surface area contributed by atoms with Gasteiger partial charge in [-0.15, -0.1) is 0 Å². The third-order valence-electron chi connectivity index (χ3n) is 6.33. The summed E-state index contributed by atoms with van der Waals surface area (Å²) in [7, 11) is 2.26. The van der Waals surface area contributed by atoms with Crippen molar-refractivity contribution >= 4 is 10.9 Å². The molecule has 0 N–H and O–H groups in total. The average molecular weight is 347 g/mol. The Bertz CT molecular complexity index is 935. The van der Waals surface area contributed by atoms with E-state index in [1.54, 1.807) is 11.3 Å². The van der Waals surface area contributed by atoms with Crippen molar-refractivity contribution in [2.24, 2.45) is 0 Å². The number of aromatic nitrogens is 1. The van der Waals surface area contributed by atoms with Gasteiger partial charge in [0, 0.05) is 42.1 Å². The first-order valence-corrected chi connectivity index (χ1v) is 9.98. The van der Waals surface area contributed by atoms with Crippen LogP contribution < -0.4 is 0 Å². The van der Waals surface area contributed by atoms with Gasteiger partial charge in [0.15, 0.2) is 0 Å². The highest BCUT2D eigenvalue weighted by Crippen LogP contribution is 2.37. The summed E-state index contributed by atoms with van der Waals surface area (Å²) in [4.78, 5) is 2.49. The van der Waals surface area contributed by atoms with Crippen LogP contribution in [0.5, 0.6) is 0 Å². The standard InChI is InChI=1S/C24H30N2/c1-5-19-10-11-22-21(16-19)24-18(3)25(4)14-13-23(24)26(22)15-12-20-9-7-6-8-17(20)2/h6-11,16,18H,5,12-15H2,1-4H3. The van der Waals surface area contributed by atoms with Crippen LogP contribution in [0.4, 0.5) is 0 Å². The minimum atomic E-state index is 0.494. The zero-order valence-electron chi connectivity index (χ0n) is 16.5. The van der Waals surface area contributed by atoms with E-state index in [9.17, 15) is 0 Å². The smallest absolute Gasteiger partial charge is 0.0486 e. The molecule has 1 aliphatic rings. The molecule has 0 bridgehead atoms. The first-order valence-electron chi connectivity index (χ1n) is 9.98. The van der Waals surface area contributed by atoms with Crippen LogP contribution in [0.15, 0.2) is 42.5 Å². The lowest BCUT2D eigenvalue weighted by atomic mass is 9.96. The van der Waals surface area contributed by atoms with E-state index >= 15 is 0 Å². The quantitative estimate of drug-likeness (QED) is 0.622. The molecule has 2 nitrogen and oxygen atoms in total.